The fourth-order valence-corrected chi connectivity index (χ4v) is 2.93. The van der Waals surface area contributed by atoms with Crippen molar-refractivity contribution in [2.24, 2.45) is 12.0 Å². The Hall–Kier alpha value is -1.17. The van der Waals surface area contributed by atoms with Gasteiger partial charge >= 0.3 is 0 Å². The van der Waals surface area contributed by atoms with Crippen LogP contribution < -0.4 is 10.6 Å². The first-order valence-corrected chi connectivity index (χ1v) is 8.62. The van der Waals surface area contributed by atoms with Gasteiger partial charge in [0.05, 0.1) is 4.34 Å². The summed E-state index contributed by atoms with van der Waals surface area (Å²) in [4.78, 5) is 5.27. The third-order valence-electron chi connectivity index (χ3n) is 3.36. The molecule has 1 unspecified atom stereocenters. The highest BCUT2D eigenvalue weighted by molar-refractivity contribution is 14.0. The van der Waals surface area contributed by atoms with E-state index >= 15 is 0 Å². The molecule has 0 radical (unpaired) electrons. The number of aliphatic hydroxyl groups excluding tert-OH is 1. The first-order valence-electron chi connectivity index (χ1n) is 7.42. The molecular weight excluding hydrogens is 475 g/mol. The van der Waals surface area contributed by atoms with Gasteiger partial charge in [-0.15, -0.1) is 52.1 Å². The molecule has 0 aliphatic heterocycles. The van der Waals surface area contributed by atoms with E-state index in [1.807, 2.05) is 24.6 Å². The minimum Gasteiger partial charge on any atom is -0.386 e. The molecule has 0 saturated carbocycles. The van der Waals surface area contributed by atoms with Crippen LogP contribution in [0.15, 0.2) is 29.8 Å². The molecule has 0 fully saturated rings. The second-order valence-electron chi connectivity index (χ2n) is 5.10. The van der Waals surface area contributed by atoms with E-state index in [-0.39, 0.29) is 24.0 Å². The highest BCUT2D eigenvalue weighted by Crippen LogP contribution is 2.26. The zero-order valence-electron chi connectivity index (χ0n) is 14.1. The number of aliphatic hydroxyl groups is 1. The minimum atomic E-state index is -0.657. The van der Waals surface area contributed by atoms with Gasteiger partial charge in [0.15, 0.2) is 11.8 Å². The standard InChI is InChI=1S/C15H21ClN6OS.HI/c1-4-7-17-15(19-9-14-21-20-10(2)22(14)3)18-8-11(23)12-5-6-13(16)24-12;/h4-6,11,23H,1,7-9H2,2-3H3,(H2,17,18,19);1H. The third kappa shape index (κ3) is 6.57. The lowest BCUT2D eigenvalue weighted by Gasteiger charge is -2.14. The zero-order valence-corrected chi connectivity index (χ0v) is 18.0. The Morgan fingerprint density at radius 2 is 2.24 bits per heavy atom. The van der Waals surface area contributed by atoms with Crippen molar-refractivity contribution >= 4 is 52.9 Å². The Balaban J connectivity index is 0.00000312. The largest absolute Gasteiger partial charge is 0.386 e. The first-order chi connectivity index (χ1) is 11.5. The molecule has 0 aliphatic rings. The van der Waals surface area contributed by atoms with Crippen molar-refractivity contribution in [1.29, 1.82) is 0 Å². The predicted molar refractivity (Wildman–Crippen MR) is 113 cm³/mol. The van der Waals surface area contributed by atoms with Crippen molar-refractivity contribution in [2.45, 2.75) is 19.6 Å². The quantitative estimate of drug-likeness (QED) is 0.237. The highest BCUT2D eigenvalue weighted by atomic mass is 127. The Morgan fingerprint density at radius 1 is 1.48 bits per heavy atom. The summed E-state index contributed by atoms with van der Waals surface area (Å²) in [5.41, 5.74) is 0. The Morgan fingerprint density at radius 3 is 2.80 bits per heavy atom. The molecule has 2 aromatic rings. The molecule has 138 valence electrons. The van der Waals surface area contributed by atoms with E-state index in [2.05, 4.69) is 32.4 Å². The van der Waals surface area contributed by atoms with Crippen molar-refractivity contribution in [2.75, 3.05) is 13.1 Å². The zero-order chi connectivity index (χ0) is 17.5. The number of nitrogens with zero attached hydrogens (tertiary/aromatic N) is 4. The van der Waals surface area contributed by atoms with Gasteiger partial charge in [-0.1, -0.05) is 17.7 Å². The molecule has 0 spiro atoms. The normalized spacial score (nSPS) is 12.4. The lowest BCUT2D eigenvalue weighted by atomic mass is 10.3. The summed E-state index contributed by atoms with van der Waals surface area (Å²) in [5, 5.41) is 24.5. The Labute approximate surface area is 173 Å². The third-order valence-corrected chi connectivity index (χ3v) is 4.69. The van der Waals surface area contributed by atoms with Gasteiger partial charge in [0.25, 0.3) is 0 Å². The number of nitrogens with one attached hydrogen (secondary N) is 2. The van der Waals surface area contributed by atoms with Crippen LogP contribution in [0, 0.1) is 6.92 Å². The van der Waals surface area contributed by atoms with Crippen LogP contribution in [0.5, 0.6) is 0 Å². The lowest BCUT2D eigenvalue weighted by molar-refractivity contribution is 0.184. The summed E-state index contributed by atoms with van der Waals surface area (Å²) in [6.07, 6.45) is 1.08. The summed E-state index contributed by atoms with van der Waals surface area (Å²) >= 11 is 7.25. The fourth-order valence-electron chi connectivity index (χ4n) is 1.88. The number of guanidine groups is 1. The summed E-state index contributed by atoms with van der Waals surface area (Å²) < 4.78 is 2.54. The van der Waals surface area contributed by atoms with Crippen LogP contribution in [0.4, 0.5) is 0 Å². The molecule has 0 aliphatic carbocycles. The second kappa shape index (κ2) is 10.7. The van der Waals surface area contributed by atoms with Gasteiger partial charge < -0.3 is 20.3 Å². The van der Waals surface area contributed by atoms with Crippen LogP contribution in [0.3, 0.4) is 0 Å². The maximum Gasteiger partial charge on any atom is 0.192 e. The van der Waals surface area contributed by atoms with Crippen molar-refractivity contribution in [3.05, 3.63) is 45.6 Å². The van der Waals surface area contributed by atoms with Gasteiger partial charge in [0.2, 0.25) is 0 Å². The highest BCUT2D eigenvalue weighted by Gasteiger charge is 2.11. The van der Waals surface area contributed by atoms with E-state index in [1.54, 1.807) is 12.1 Å². The molecule has 7 nitrogen and oxygen atoms in total. The average Bonchev–Trinajstić information content (AvgIpc) is 3.14. The number of rotatable bonds is 7. The minimum absolute atomic E-state index is 0. The maximum atomic E-state index is 10.2. The van der Waals surface area contributed by atoms with Crippen LogP contribution in [-0.2, 0) is 13.6 Å². The molecule has 2 rings (SSSR count). The molecule has 0 amide bonds. The molecule has 3 N–H and O–H groups in total. The fraction of sp³-hybridized carbons (Fsp3) is 0.400. The molecule has 2 aromatic heterocycles. The van der Waals surface area contributed by atoms with Crippen molar-refractivity contribution in [1.82, 2.24) is 25.4 Å². The molecule has 0 bridgehead atoms. The van der Waals surface area contributed by atoms with Gasteiger partial charge in [0.1, 0.15) is 18.5 Å². The molecule has 0 saturated heterocycles. The SMILES string of the molecule is C=CCNC(=NCc1nnc(C)n1C)NCC(O)c1ccc(Cl)s1.I. The molecule has 10 heteroatoms. The van der Waals surface area contributed by atoms with Gasteiger partial charge in [-0.3, -0.25) is 0 Å². The molecular formula is C15H22ClIN6OS. The average molecular weight is 497 g/mol. The predicted octanol–water partition coefficient (Wildman–Crippen LogP) is 2.41. The van der Waals surface area contributed by atoms with Gasteiger partial charge in [-0.2, -0.15) is 0 Å². The number of aromatic nitrogens is 3. The lowest BCUT2D eigenvalue weighted by Crippen LogP contribution is -2.39. The first kappa shape index (κ1) is 21.9. The van der Waals surface area contributed by atoms with Crippen molar-refractivity contribution in [3.63, 3.8) is 0 Å². The van der Waals surface area contributed by atoms with Gasteiger partial charge in [0, 0.05) is 25.0 Å². The topological polar surface area (TPSA) is 87.4 Å². The van der Waals surface area contributed by atoms with E-state index in [4.69, 9.17) is 11.6 Å². The van der Waals surface area contributed by atoms with E-state index in [1.165, 1.54) is 11.3 Å². The molecule has 25 heavy (non-hydrogen) atoms. The number of aryl methyl sites for hydroxylation is 1. The summed E-state index contributed by atoms with van der Waals surface area (Å²) in [6.45, 7) is 6.82. The second-order valence-corrected chi connectivity index (χ2v) is 6.84. The smallest absolute Gasteiger partial charge is 0.192 e. The number of thiophene rings is 1. The van der Waals surface area contributed by atoms with E-state index in [0.717, 1.165) is 16.5 Å². The van der Waals surface area contributed by atoms with Crippen LogP contribution in [0.2, 0.25) is 4.34 Å². The van der Waals surface area contributed by atoms with E-state index < -0.39 is 6.10 Å². The number of aliphatic imine (C=N–C) groups is 1. The summed E-state index contributed by atoms with van der Waals surface area (Å²) in [6, 6.07) is 3.59. The van der Waals surface area contributed by atoms with Crippen molar-refractivity contribution in [3.8, 4) is 0 Å². The van der Waals surface area contributed by atoms with Crippen LogP contribution in [-0.4, -0.2) is 38.9 Å². The molecule has 1 atom stereocenters. The molecule has 0 aromatic carbocycles. The number of hydrogen-bond acceptors (Lipinski definition) is 5. The Kier molecular flexibility index (Phi) is 9.39. The number of halogens is 2. The van der Waals surface area contributed by atoms with Gasteiger partial charge in [-0.25, -0.2) is 4.99 Å². The maximum absolute atomic E-state index is 10.2. The van der Waals surface area contributed by atoms with E-state index in [9.17, 15) is 5.11 Å². The van der Waals surface area contributed by atoms with Crippen molar-refractivity contribution < 1.29 is 5.11 Å². The Bertz CT molecular complexity index is 717. The van der Waals surface area contributed by atoms with Crippen LogP contribution in [0.25, 0.3) is 0 Å². The van der Waals surface area contributed by atoms with Gasteiger partial charge in [-0.05, 0) is 19.1 Å². The van der Waals surface area contributed by atoms with Crippen LogP contribution in [0.1, 0.15) is 22.6 Å². The monoisotopic (exact) mass is 496 g/mol. The van der Waals surface area contributed by atoms with E-state index in [0.29, 0.717) is 29.9 Å². The summed E-state index contributed by atoms with van der Waals surface area (Å²) in [7, 11) is 1.90. The van der Waals surface area contributed by atoms with Crippen LogP contribution >= 0.6 is 46.9 Å². The molecule has 2 heterocycles. The number of hydrogen-bond donors (Lipinski definition) is 3. The summed E-state index contributed by atoms with van der Waals surface area (Å²) in [5.74, 6) is 2.16.